The van der Waals surface area contributed by atoms with Gasteiger partial charge in [-0.05, 0) is 24.6 Å². The number of nitrogens with two attached hydrogens (primary N) is 1. The number of benzene rings is 1. The van der Waals surface area contributed by atoms with Gasteiger partial charge >= 0.3 is 0 Å². The summed E-state index contributed by atoms with van der Waals surface area (Å²) in [5.41, 5.74) is 6.72. The molecule has 1 heterocycles. The fourth-order valence-electron chi connectivity index (χ4n) is 1.55. The number of aromatic nitrogens is 2. The standard InChI is InChI=1S/C12H14ClN3O/c1-8(14)5-12-15-11(16-17-12)7-9-3-2-4-10(13)6-9/h2-4,6,8H,5,7,14H2,1H3. The van der Waals surface area contributed by atoms with Crippen LogP contribution in [0.1, 0.15) is 24.2 Å². The van der Waals surface area contributed by atoms with Crippen LogP contribution in [-0.4, -0.2) is 16.2 Å². The lowest BCUT2D eigenvalue weighted by atomic mass is 10.1. The molecule has 1 aromatic heterocycles. The van der Waals surface area contributed by atoms with E-state index in [4.69, 9.17) is 21.9 Å². The molecular weight excluding hydrogens is 238 g/mol. The number of nitrogens with zero attached hydrogens (tertiary/aromatic N) is 2. The van der Waals surface area contributed by atoms with Gasteiger partial charge in [0, 0.05) is 23.9 Å². The fourth-order valence-corrected chi connectivity index (χ4v) is 1.76. The zero-order valence-corrected chi connectivity index (χ0v) is 10.3. The summed E-state index contributed by atoms with van der Waals surface area (Å²) in [6, 6.07) is 7.63. The van der Waals surface area contributed by atoms with Crippen molar-refractivity contribution in [3.05, 3.63) is 46.6 Å². The van der Waals surface area contributed by atoms with Gasteiger partial charge in [-0.15, -0.1) is 0 Å². The van der Waals surface area contributed by atoms with Crippen molar-refractivity contribution in [2.45, 2.75) is 25.8 Å². The van der Waals surface area contributed by atoms with Gasteiger partial charge in [-0.3, -0.25) is 0 Å². The Bertz CT molecular complexity index is 496. The number of rotatable bonds is 4. The number of hydrogen-bond acceptors (Lipinski definition) is 4. The molecule has 1 aromatic carbocycles. The minimum atomic E-state index is 0.0227. The molecule has 5 heteroatoms. The molecule has 0 fully saturated rings. The zero-order valence-electron chi connectivity index (χ0n) is 9.56. The van der Waals surface area contributed by atoms with E-state index in [9.17, 15) is 0 Å². The molecule has 4 nitrogen and oxygen atoms in total. The maximum Gasteiger partial charge on any atom is 0.228 e. The van der Waals surface area contributed by atoms with Crippen LogP contribution in [0.25, 0.3) is 0 Å². The Morgan fingerprint density at radius 2 is 2.29 bits per heavy atom. The van der Waals surface area contributed by atoms with Gasteiger partial charge in [-0.1, -0.05) is 28.9 Å². The third-order valence-corrected chi connectivity index (χ3v) is 2.49. The second-order valence-corrected chi connectivity index (χ2v) is 4.53. The highest BCUT2D eigenvalue weighted by Gasteiger charge is 2.08. The molecule has 0 bridgehead atoms. The average molecular weight is 252 g/mol. The van der Waals surface area contributed by atoms with Gasteiger partial charge in [0.15, 0.2) is 5.82 Å². The lowest BCUT2D eigenvalue weighted by Gasteiger charge is -1.97. The average Bonchev–Trinajstić information content (AvgIpc) is 2.64. The van der Waals surface area contributed by atoms with E-state index in [0.29, 0.717) is 29.6 Å². The van der Waals surface area contributed by atoms with E-state index in [1.54, 1.807) is 0 Å². The molecule has 17 heavy (non-hydrogen) atoms. The highest BCUT2D eigenvalue weighted by Crippen LogP contribution is 2.13. The van der Waals surface area contributed by atoms with E-state index < -0.39 is 0 Å². The molecule has 2 aromatic rings. The van der Waals surface area contributed by atoms with E-state index in [1.807, 2.05) is 31.2 Å². The highest BCUT2D eigenvalue weighted by molar-refractivity contribution is 6.30. The highest BCUT2D eigenvalue weighted by atomic mass is 35.5. The molecule has 0 aliphatic heterocycles. The summed E-state index contributed by atoms with van der Waals surface area (Å²) in [4.78, 5) is 4.27. The molecule has 0 aliphatic carbocycles. The van der Waals surface area contributed by atoms with Gasteiger partial charge in [0.2, 0.25) is 5.89 Å². The Hall–Kier alpha value is -1.39. The molecule has 0 saturated carbocycles. The van der Waals surface area contributed by atoms with Crippen LogP contribution >= 0.6 is 11.6 Å². The minimum absolute atomic E-state index is 0.0227. The number of halogens is 1. The molecule has 0 spiro atoms. The lowest BCUT2D eigenvalue weighted by molar-refractivity contribution is 0.367. The van der Waals surface area contributed by atoms with E-state index in [2.05, 4.69) is 10.1 Å². The Labute approximate surface area is 105 Å². The quantitative estimate of drug-likeness (QED) is 0.905. The van der Waals surface area contributed by atoms with Crippen LogP contribution < -0.4 is 5.73 Å². The first-order valence-electron chi connectivity index (χ1n) is 5.45. The summed E-state index contributed by atoms with van der Waals surface area (Å²) in [5, 5.41) is 4.62. The largest absolute Gasteiger partial charge is 0.339 e. The maximum absolute atomic E-state index is 5.90. The van der Waals surface area contributed by atoms with Crippen molar-refractivity contribution in [3.63, 3.8) is 0 Å². The Kier molecular flexibility index (Phi) is 3.76. The van der Waals surface area contributed by atoms with Gasteiger partial charge in [0.1, 0.15) is 0 Å². The first-order valence-corrected chi connectivity index (χ1v) is 5.83. The Balaban J connectivity index is 2.06. The Morgan fingerprint density at radius 3 is 3.00 bits per heavy atom. The molecule has 0 radical (unpaired) electrons. The predicted octanol–water partition coefficient (Wildman–Crippen LogP) is 2.20. The SMILES string of the molecule is CC(N)Cc1nc(Cc2cccc(Cl)c2)no1. The van der Waals surface area contributed by atoms with Crippen molar-refractivity contribution in [3.8, 4) is 0 Å². The molecule has 0 amide bonds. The monoisotopic (exact) mass is 251 g/mol. The van der Waals surface area contributed by atoms with E-state index >= 15 is 0 Å². The van der Waals surface area contributed by atoms with Gasteiger partial charge < -0.3 is 10.3 Å². The molecule has 1 unspecified atom stereocenters. The van der Waals surface area contributed by atoms with Crippen LogP contribution in [0, 0.1) is 0 Å². The van der Waals surface area contributed by atoms with Crippen LogP contribution in [0.3, 0.4) is 0 Å². The third kappa shape index (κ3) is 3.54. The first kappa shape index (κ1) is 12.1. The van der Waals surface area contributed by atoms with Gasteiger partial charge in [-0.2, -0.15) is 4.98 Å². The zero-order chi connectivity index (χ0) is 12.3. The molecular formula is C12H14ClN3O. The van der Waals surface area contributed by atoms with Crippen LogP contribution in [-0.2, 0) is 12.8 Å². The van der Waals surface area contributed by atoms with E-state index in [1.165, 1.54) is 0 Å². The van der Waals surface area contributed by atoms with Gasteiger partial charge in [-0.25, -0.2) is 0 Å². The summed E-state index contributed by atoms with van der Waals surface area (Å²) in [6.07, 6.45) is 1.21. The van der Waals surface area contributed by atoms with Crippen molar-refractivity contribution in [2.24, 2.45) is 5.73 Å². The van der Waals surface area contributed by atoms with E-state index in [0.717, 1.165) is 5.56 Å². The van der Waals surface area contributed by atoms with Crippen molar-refractivity contribution >= 4 is 11.6 Å². The third-order valence-electron chi connectivity index (χ3n) is 2.26. The van der Waals surface area contributed by atoms with Crippen LogP contribution in [0.5, 0.6) is 0 Å². The smallest absolute Gasteiger partial charge is 0.228 e. The summed E-state index contributed by atoms with van der Waals surface area (Å²) >= 11 is 5.90. The van der Waals surface area contributed by atoms with Gasteiger partial charge in [0.25, 0.3) is 0 Å². The number of hydrogen-bond donors (Lipinski definition) is 1. The minimum Gasteiger partial charge on any atom is -0.339 e. The van der Waals surface area contributed by atoms with Crippen molar-refractivity contribution in [1.29, 1.82) is 0 Å². The second-order valence-electron chi connectivity index (χ2n) is 4.09. The molecule has 90 valence electrons. The summed E-state index contributed by atoms with van der Waals surface area (Å²) in [6.45, 7) is 1.90. The summed E-state index contributed by atoms with van der Waals surface area (Å²) in [5.74, 6) is 1.24. The summed E-state index contributed by atoms with van der Waals surface area (Å²) < 4.78 is 5.10. The van der Waals surface area contributed by atoms with Crippen molar-refractivity contribution < 1.29 is 4.52 Å². The lowest BCUT2D eigenvalue weighted by Crippen LogP contribution is -2.17. The maximum atomic E-state index is 5.90. The predicted molar refractivity (Wildman–Crippen MR) is 65.9 cm³/mol. The van der Waals surface area contributed by atoms with Crippen LogP contribution in [0.15, 0.2) is 28.8 Å². The molecule has 1 atom stereocenters. The van der Waals surface area contributed by atoms with E-state index in [-0.39, 0.29) is 6.04 Å². The normalized spacial score (nSPS) is 12.6. The van der Waals surface area contributed by atoms with Crippen LogP contribution in [0.2, 0.25) is 5.02 Å². The van der Waals surface area contributed by atoms with Crippen molar-refractivity contribution in [1.82, 2.24) is 10.1 Å². The first-order chi connectivity index (χ1) is 8.13. The second kappa shape index (κ2) is 5.29. The topological polar surface area (TPSA) is 64.9 Å². The molecule has 2 N–H and O–H groups in total. The summed E-state index contributed by atoms with van der Waals surface area (Å²) in [7, 11) is 0. The van der Waals surface area contributed by atoms with Crippen LogP contribution in [0.4, 0.5) is 0 Å². The molecule has 0 saturated heterocycles. The molecule has 2 rings (SSSR count). The Morgan fingerprint density at radius 1 is 1.47 bits per heavy atom. The molecule has 0 aliphatic rings. The van der Waals surface area contributed by atoms with Gasteiger partial charge in [0.05, 0.1) is 0 Å². The van der Waals surface area contributed by atoms with Crippen molar-refractivity contribution in [2.75, 3.05) is 0 Å². The fraction of sp³-hybridized carbons (Fsp3) is 0.333.